The fraction of sp³-hybridized carbons (Fsp3) is 0.944. The van der Waals surface area contributed by atoms with Crippen LogP contribution in [0.3, 0.4) is 0 Å². The summed E-state index contributed by atoms with van der Waals surface area (Å²) in [6.45, 7) is 8.40. The maximum atomic E-state index is 3.89. The van der Waals surface area contributed by atoms with Crippen LogP contribution in [0.15, 0.2) is 0 Å². The average molecular weight is 269 g/mol. The Balaban J connectivity index is 2.88. The van der Waals surface area contributed by atoms with Crippen molar-refractivity contribution < 1.29 is 0 Å². The number of unbranched alkanes of at least 4 members (excludes halogenated alkanes) is 13. The molecular weight excluding hydrogens is 230 g/mol. The fourth-order valence-corrected chi connectivity index (χ4v) is 2.55. The van der Waals surface area contributed by atoms with E-state index in [9.17, 15) is 0 Å². The molecule has 1 radical (unpaired) electrons. The first-order chi connectivity index (χ1) is 9.41. The summed E-state index contributed by atoms with van der Waals surface area (Å²) in [4.78, 5) is 0. The lowest BCUT2D eigenvalue weighted by Gasteiger charge is -2.03. The third-order valence-electron chi connectivity index (χ3n) is 3.85. The lowest BCUT2D eigenvalue weighted by Crippen LogP contribution is -2.13. The molecule has 0 aliphatic heterocycles. The Morgan fingerprint density at radius 2 is 0.947 bits per heavy atom. The Morgan fingerprint density at radius 3 is 1.32 bits per heavy atom. The van der Waals surface area contributed by atoms with Gasteiger partial charge in [0.05, 0.1) is 0 Å². The van der Waals surface area contributed by atoms with Gasteiger partial charge in [-0.05, 0) is 19.5 Å². The lowest BCUT2D eigenvalue weighted by molar-refractivity contribution is 0.532. The van der Waals surface area contributed by atoms with Crippen LogP contribution in [0.25, 0.3) is 0 Å². The highest BCUT2D eigenvalue weighted by atomic mass is 14.8. The summed E-state index contributed by atoms with van der Waals surface area (Å²) in [6.07, 6.45) is 19.7. The van der Waals surface area contributed by atoms with Gasteiger partial charge >= 0.3 is 0 Å². The number of hydrogen-bond acceptors (Lipinski definition) is 1. The Hall–Kier alpha value is -0.0400. The molecule has 0 saturated carbocycles. The average Bonchev–Trinajstić information content (AvgIpc) is 2.43. The summed E-state index contributed by atoms with van der Waals surface area (Å²) in [6, 6.07) is 0. The standard InChI is InChI=1S/C18H38N/c1-3-5-6-7-8-9-10-11-12-13-14-15-16-17-18-19-4-2/h19H,1,3-18H2,2H3. The van der Waals surface area contributed by atoms with Gasteiger partial charge in [0.1, 0.15) is 0 Å². The zero-order valence-electron chi connectivity index (χ0n) is 13.5. The van der Waals surface area contributed by atoms with E-state index in [1.165, 1.54) is 90.0 Å². The van der Waals surface area contributed by atoms with Crippen LogP contribution in [0.5, 0.6) is 0 Å². The first-order valence-electron chi connectivity index (χ1n) is 8.91. The molecule has 0 aliphatic rings. The summed E-state index contributed by atoms with van der Waals surface area (Å²) >= 11 is 0. The van der Waals surface area contributed by atoms with Gasteiger partial charge in [-0.25, -0.2) is 0 Å². The van der Waals surface area contributed by atoms with Gasteiger partial charge in [0, 0.05) is 0 Å². The molecule has 0 aliphatic carbocycles. The quantitative estimate of drug-likeness (QED) is 0.344. The molecule has 1 heteroatoms. The molecule has 0 aromatic carbocycles. The molecule has 0 atom stereocenters. The van der Waals surface area contributed by atoms with Gasteiger partial charge in [0.25, 0.3) is 0 Å². The molecule has 0 rings (SSSR count). The van der Waals surface area contributed by atoms with E-state index in [1.54, 1.807) is 0 Å². The van der Waals surface area contributed by atoms with Crippen molar-refractivity contribution in [1.29, 1.82) is 0 Å². The topological polar surface area (TPSA) is 12.0 Å². The zero-order chi connectivity index (χ0) is 14.0. The van der Waals surface area contributed by atoms with Crippen LogP contribution in [-0.2, 0) is 0 Å². The van der Waals surface area contributed by atoms with E-state index in [2.05, 4.69) is 19.2 Å². The SMILES string of the molecule is [CH2]CCCCCCCCCCCCCCCNCC. The van der Waals surface area contributed by atoms with Crippen LogP contribution >= 0.6 is 0 Å². The molecule has 1 N–H and O–H groups in total. The maximum Gasteiger partial charge on any atom is -0.00490 e. The number of rotatable bonds is 16. The molecule has 19 heavy (non-hydrogen) atoms. The van der Waals surface area contributed by atoms with Crippen molar-refractivity contribution in [3.8, 4) is 0 Å². The summed E-state index contributed by atoms with van der Waals surface area (Å²) in [7, 11) is 0. The Morgan fingerprint density at radius 1 is 0.579 bits per heavy atom. The van der Waals surface area contributed by atoms with Gasteiger partial charge < -0.3 is 5.32 Å². The Labute approximate surface area is 122 Å². The zero-order valence-corrected chi connectivity index (χ0v) is 13.5. The molecule has 0 unspecified atom stereocenters. The van der Waals surface area contributed by atoms with Crippen molar-refractivity contribution >= 4 is 0 Å². The monoisotopic (exact) mass is 268 g/mol. The normalized spacial score (nSPS) is 11.1. The van der Waals surface area contributed by atoms with Gasteiger partial charge in [-0.2, -0.15) is 0 Å². The second kappa shape index (κ2) is 18.0. The van der Waals surface area contributed by atoms with Crippen molar-refractivity contribution in [1.82, 2.24) is 5.32 Å². The Kier molecular flexibility index (Phi) is 17.9. The highest BCUT2D eigenvalue weighted by Gasteiger charge is 1.93. The van der Waals surface area contributed by atoms with E-state index >= 15 is 0 Å². The summed E-state index contributed by atoms with van der Waals surface area (Å²) in [5.41, 5.74) is 0. The Bertz CT molecular complexity index is 129. The van der Waals surface area contributed by atoms with Crippen LogP contribution in [-0.4, -0.2) is 13.1 Å². The van der Waals surface area contributed by atoms with Gasteiger partial charge in [-0.1, -0.05) is 97.3 Å². The lowest BCUT2D eigenvalue weighted by atomic mass is 10.0. The van der Waals surface area contributed by atoms with E-state index in [1.807, 2.05) is 0 Å². The van der Waals surface area contributed by atoms with Crippen molar-refractivity contribution in [2.75, 3.05) is 13.1 Å². The van der Waals surface area contributed by atoms with E-state index in [0.717, 1.165) is 13.0 Å². The molecule has 0 aromatic heterocycles. The molecule has 1 nitrogen and oxygen atoms in total. The van der Waals surface area contributed by atoms with Crippen LogP contribution < -0.4 is 5.32 Å². The van der Waals surface area contributed by atoms with Gasteiger partial charge in [0.15, 0.2) is 0 Å². The minimum Gasteiger partial charge on any atom is -0.317 e. The third kappa shape index (κ3) is 18.0. The van der Waals surface area contributed by atoms with E-state index in [4.69, 9.17) is 0 Å². The van der Waals surface area contributed by atoms with Crippen LogP contribution in [0, 0.1) is 6.92 Å². The summed E-state index contributed by atoms with van der Waals surface area (Å²) < 4.78 is 0. The molecule has 0 spiro atoms. The second-order valence-corrected chi connectivity index (χ2v) is 5.80. The van der Waals surface area contributed by atoms with Gasteiger partial charge in [0.2, 0.25) is 0 Å². The van der Waals surface area contributed by atoms with E-state index < -0.39 is 0 Å². The summed E-state index contributed by atoms with van der Waals surface area (Å²) in [5.74, 6) is 0. The minimum absolute atomic E-state index is 1.12. The molecule has 0 saturated heterocycles. The fourth-order valence-electron chi connectivity index (χ4n) is 2.55. The molecule has 0 bridgehead atoms. The molecular formula is C18H38N. The van der Waals surface area contributed by atoms with Gasteiger partial charge in [-0.15, -0.1) is 0 Å². The molecule has 0 amide bonds. The van der Waals surface area contributed by atoms with Crippen LogP contribution in [0.1, 0.15) is 96.8 Å². The van der Waals surface area contributed by atoms with Crippen molar-refractivity contribution in [2.24, 2.45) is 0 Å². The highest BCUT2D eigenvalue weighted by Crippen LogP contribution is 2.12. The number of hydrogen-bond donors (Lipinski definition) is 1. The first-order valence-corrected chi connectivity index (χ1v) is 8.91. The van der Waals surface area contributed by atoms with Gasteiger partial charge in [-0.3, -0.25) is 0 Å². The van der Waals surface area contributed by atoms with Crippen LogP contribution in [0.4, 0.5) is 0 Å². The van der Waals surface area contributed by atoms with Crippen molar-refractivity contribution in [3.63, 3.8) is 0 Å². The number of nitrogens with one attached hydrogen (secondary N) is 1. The maximum absolute atomic E-state index is 3.89. The van der Waals surface area contributed by atoms with Crippen molar-refractivity contribution in [3.05, 3.63) is 6.92 Å². The van der Waals surface area contributed by atoms with Crippen molar-refractivity contribution in [2.45, 2.75) is 96.8 Å². The highest BCUT2D eigenvalue weighted by molar-refractivity contribution is 4.50. The molecule has 115 valence electrons. The molecule has 0 aromatic rings. The molecule has 0 heterocycles. The predicted octanol–water partition coefficient (Wildman–Crippen LogP) is 5.89. The van der Waals surface area contributed by atoms with E-state index in [-0.39, 0.29) is 0 Å². The predicted molar refractivity (Wildman–Crippen MR) is 88.5 cm³/mol. The third-order valence-corrected chi connectivity index (χ3v) is 3.85. The van der Waals surface area contributed by atoms with E-state index in [0.29, 0.717) is 0 Å². The molecule has 0 fully saturated rings. The second-order valence-electron chi connectivity index (χ2n) is 5.80. The minimum atomic E-state index is 1.12. The van der Waals surface area contributed by atoms with Crippen LogP contribution in [0.2, 0.25) is 0 Å². The smallest absolute Gasteiger partial charge is 0.00490 e. The summed E-state index contributed by atoms with van der Waals surface area (Å²) in [5, 5.41) is 3.39. The largest absolute Gasteiger partial charge is 0.317 e. The first kappa shape index (κ1) is 19.0.